The van der Waals surface area contributed by atoms with E-state index in [1.807, 2.05) is 0 Å². The molecule has 0 saturated heterocycles. The fraction of sp³-hybridized carbons (Fsp3) is 0.167. The van der Waals surface area contributed by atoms with Crippen molar-refractivity contribution in [2.45, 2.75) is 6.18 Å². The van der Waals surface area contributed by atoms with Gasteiger partial charge in [-0.3, -0.25) is 9.48 Å². The largest absolute Gasteiger partial charge is 0.492 e. The highest BCUT2D eigenvalue weighted by Gasteiger charge is 2.40. The number of ether oxygens (including phenoxy) is 1. The highest BCUT2D eigenvalue weighted by Crippen LogP contribution is 2.39. The van der Waals surface area contributed by atoms with E-state index in [-0.39, 0.29) is 24.6 Å². The molecule has 7 nitrogen and oxygen atoms in total. The van der Waals surface area contributed by atoms with Crippen molar-refractivity contribution >= 4 is 34.8 Å². The molecule has 2 heterocycles. The Bertz CT molecular complexity index is 1380. The number of hydrogen-bond donors (Lipinski definition) is 2. The Hall–Kier alpha value is -3.47. The second-order valence-corrected chi connectivity index (χ2v) is 8.47. The Morgan fingerprint density at radius 1 is 1.17 bits per heavy atom. The standard InChI is InChI=1S/C24H19Cl2F3N4O3/c1-33-21(18(26)12-31-33)16-10-15(6-7-19(16)35-9-8-30)32-23(34)17-11-20(36-22(17)24(27,28)29)13-2-4-14(25)5-3-13/h2-7,10-12H,8-9,30H2,1H3,(H,32,34). The molecule has 0 aliphatic carbocycles. The lowest BCUT2D eigenvalue weighted by atomic mass is 10.1. The molecular weight excluding hydrogens is 520 g/mol. The van der Waals surface area contributed by atoms with Gasteiger partial charge >= 0.3 is 6.18 Å². The zero-order chi connectivity index (χ0) is 26.0. The van der Waals surface area contributed by atoms with Gasteiger partial charge in [0, 0.05) is 35.4 Å². The monoisotopic (exact) mass is 538 g/mol. The molecule has 36 heavy (non-hydrogen) atoms. The number of alkyl halides is 3. The summed E-state index contributed by atoms with van der Waals surface area (Å²) in [5.41, 5.74) is 6.36. The predicted molar refractivity (Wildman–Crippen MR) is 130 cm³/mol. The molecule has 4 rings (SSSR count). The lowest BCUT2D eigenvalue weighted by Gasteiger charge is -2.14. The minimum absolute atomic E-state index is 0.128. The topological polar surface area (TPSA) is 95.3 Å². The molecule has 0 aliphatic heterocycles. The quantitative estimate of drug-likeness (QED) is 0.289. The van der Waals surface area contributed by atoms with Crippen molar-refractivity contribution in [3.63, 3.8) is 0 Å². The Morgan fingerprint density at radius 3 is 2.50 bits per heavy atom. The molecule has 0 spiro atoms. The van der Waals surface area contributed by atoms with Crippen molar-refractivity contribution in [3.05, 3.63) is 76.1 Å². The Morgan fingerprint density at radius 2 is 1.89 bits per heavy atom. The predicted octanol–water partition coefficient (Wildman–Crippen LogP) is 6.26. The molecule has 0 saturated carbocycles. The van der Waals surface area contributed by atoms with Crippen LogP contribution in [0.5, 0.6) is 5.75 Å². The van der Waals surface area contributed by atoms with Gasteiger partial charge < -0.3 is 20.2 Å². The van der Waals surface area contributed by atoms with Crippen LogP contribution in [0.25, 0.3) is 22.6 Å². The van der Waals surface area contributed by atoms with Crippen LogP contribution in [0, 0.1) is 0 Å². The van der Waals surface area contributed by atoms with Crippen LogP contribution in [0.1, 0.15) is 16.1 Å². The number of nitrogens with zero attached hydrogens (tertiary/aromatic N) is 2. The minimum atomic E-state index is -4.90. The lowest BCUT2D eigenvalue weighted by molar-refractivity contribution is -0.153. The minimum Gasteiger partial charge on any atom is -0.492 e. The third-order valence-corrected chi connectivity index (χ3v) is 5.65. The van der Waals surface area contributed by atoms with E-state index >= 15 is 0 Å². The fourth-order valence-corrected chi connectivity index (χ4v) is 3.92. The second kappa shape index (κ2) is 10.3. The van der Waals surface area contributed by atoms with E-state index in [1.54, 1.807) is 13.1 Å². The molecule has 3 N–H and O–H groups in total. The highest BCUT2D eigenvalue weighted by atomic mass is 35.5. The normalized spacial score (nSPS) is 11.5. The van der Waals surface area contributed by atoms with Gasteiger partial charge in [-0.05, 0) is 48.5 Å². The van der Waals surface area contributed by atoms with Gasteiger partial charge in [-0.1, -0.05) is 23.2 Å². The number of nitrogens with one attached hydrogen (secondary N) is 1. The molecule has 12 heteroatoms. The molecule has 0 atom stereocenters. The number of hydrogen-bond acceptors (Lipinski definition) is 5. The van der Waals surface area contributed by atoms with Crippen LogP contribution in [0.2, 0.25) is 10.0 Å². The van der Waals surface area contributed by atoms with Crippen LogP contribution in [0.15, 0.2) is 59.1 Å². The highest BCUT2D eigenvalue weighted by molar-refractivity contribution is 6.33. The molecular formula is C24H19Cl2F3N4O3. The number of aryl methyl sites for hydroxylation is 1. The van der Waals surface area contributed by atoms with Crippen LogP contribution < -0.4 is 15.8 Å². The van der Waals surface area contributed by atoms with Crippen molar-refractivity contribution in [2.24, 2.45) is 12.8 Å². The number of nitrogens with two attached hydrogens (primary N) is 1. The summed E-state index contributed by atoms with van der Waals surface area (Å²) in [6.45, 7) is 0.472. The van der Waals surface area contributed by atoms with Crippen LogP contribution >= 0.6 is 23.2 Å². The van der Waals surface area contributed by atoms with Crippen molar-refractivity contribution in [2.75, 3.05) is 18.5 Å². The van der Waals surface area contributed by atoms with E-state index in [0.717, 1.165) is 6.07 Å². The summed E-state index contributed by atoms with van der Waals surface area (Å²) in [4.78, 5) is 13.0. The van der Waals surface area contributed by atoms with Gasteiger partial charge in [0.1, 0.15) is 18.1 Å². The first-order chi connectivity index (χ1) is 17.1. The summed E-state index contributed by atoms with van der Waals surface area (Å²) < 4.78 is 53.4. The second-order valence-electron chi connectivity index (χ2n) is 7.63. The number of furan rings is 1. The molecule has 4 aromatic rings. The molecule has 2 aromatic heterocycles. The smallest absolute Gasteiger partial charge is 0.450 e. The van der Waals surface area contributed by atoms with Crippen LogP contribution in [-0.4, -0.2) is 28.8 Å². The molecule has 0 bridgehead atoms. The van der Waals surface area contributed by atoms with Crippen molar-refractivity contribution in [3.8, 4) is 28.3 Å². The zero-order valence-electron chi connectivity index (χ0n) is 18.7. The van der Waals surface area contributed by atoms with Crippen LogP contribution in [0.3, 0.4) is 0 Å². The third-order valence-electron chi connectivity index (χ3n) is 5.12. The summed E-state index contributed by atoms with van der Waals surface area (Å²) in [5, 5.41) is 7.32. The van der Waals surface area contributed by atoms with Crippen molar-refractivity contribution in [1.82, 2.24) is 9.78 Å². The molecule has 1 amide bonds. The molecule has 0 fully saturated rings. The van der Waals surface area contributed by atoms with Gasteiger partial charge in [0.05, 0.1) is 22.5 Å². The number of aromatic nitrogens is 2. The number of rotatable bonds is 7. The van der Waals surface area contributed by atoms with E-state index in [0.29, 0.717) is 32.6 Å². The molecule has 0 aliphatic rings. The van der Waals surface area contributed by atoms with Gasteiger partial charge in [-0.15, -0.1) is 0 Å². The maximum Gasteiger partial charge on any atom is 0.450 e. The fourth-order valence-electron chi connectivity index (χ4n) is 3.53. The third kappa shape index (κ3) is 5.35. The van der Waals surface area contributed by atoms with Crippen molar-refractivity contribution in [1.29, 1.82) is 0 Å². The Kier molecular flexibility index (Phi) is 7.30. The van der Waals surface area contributed by atoms with Crippen LogP contribution in [0.4, 0.5) is 18.9 Å². The molecule has 188 valence electrons. The maximum absolute atomic E-state index is 13.7. The number of benzene rings is 2. The van der Waals surface area contributed by atoms with Gasteiger partial charge in [0.2, 0.25) is 5.76 Å². The number of carbonyl (C=O) groups is 1. The first kappa shape index (κ1) is 25.6. The number of anilines is 1. The van der Waals surface area contributed by atoms with E-state index in [4.69, 9.17) is 38.1 Å². The average Bonchev–Trinajstić information content (AvgIpc) is 3.42. The molecule has 0 radical (unpaired) electrons. The summed E-state index contributed by atoms with van der Waals surface area (Å²) in [6.07, 6.45) is -3.46. The number of amides is 1. The number of carbonyl (C=O) groups excluding carboxylic acids is 1. The molecule has 0 unspecified atom stereocenters. The number of halogens is 5. The van der Waals surface area contributed by atoms with Gasteiger partial charge in [0.15, 0.2) is 0 Å². The Balaban J connectivity index is 1.71. The SMILES string of the molecule is Cn1ncc(Cl)c1-c1cc(NC(=O)c2cc(-c3ccc(Cl)cc3)oc2C(F)(F)F)ccc1OCCN. The first-order valence-corrected chi connectivity index (χ1v) is 11.3. The van der Waals surface area contributed by atoms with Crippen LogP contribution in [-0.2, 0) is 13.2 Å². The zero-order valence-corrected chi connectivity index (χ0v) is 20.2. The average molecular weight is 539 g/mol. The van der Waals surface area contributed by atoms with E-state index in [2.05, 4.69) is 10.4 Å². The lowest BCUT2D eigenvalue weighted by Crippen LogP contribution is -2.17. The first-order valence-electron chi connectivity index (χ1n) is 10.5. The molecule has 2 aromatic carbocycles. The summed E-state index contributed by atoms with van der Waals surface area (Å²) >= 11 is 12.1. The maximum atomic E-state index is 13.7. The van der Waals surface area contributed by atoms with E-state index in [9.17, 15) is 18.0 Å². The van der Waals surface area contributed by atoms with Gasteiger partial charge in [0.25, 0.3) is 5.91 Å². The Labute approximate surface area is 213 Å². The van der Waals surface area contributed by atoms with E-state index in [1.165, 1.54) is 47.3 Å². The van der Waals surface area contributed by atoms with Gasteiger partial charge in [-0.2, -0.15) is 18.3 Å². The van der Waals surface area contributed by atoms with Crippen molar-refractivity contribution < 1.29 is 27.1 Å². The van der Waals surface area contributed by atoms with Gasteiger partial charge in [-0.25, -0.2) is 0 Å². The summed E-state index contributed by atoms with van der Waals surface area (Å²) in [7, 11) is 1.67. The van der Waals surface area contributed by atoms with E-state index < -0.39 is 23.4 Å². The summed E-state index contributed by atoms with van der Waals surface area (Å²) in [6, 6.07) is 11.6. The summed E-state index contributed by atoms with van der Waals surface area (Å²) in [5.74, 6) is -2.14.